The van der Waals surface area contributed by atoms with Gasteiger partial charge in [0.1, 0.15) is 5.72 Å². The third kappa shape index (κ3) is 2.65. The summed E-state index contributed by atoms with van der Waals surface area (Å²) in [6.07, 6.45) is 0. The minimum absolute atomic E-state index is 0.0685. The minimum atomic E-state index is -0.800. The van der Waals surface area contributed by atoms with Crippen LogP contribution in [0.2, 0.25) is 0 Å². The highest BCUT2D eigenvalue weighted by Crippen LogP contribution is 2.50. The Morgan fingerprint density at radius 3 is 2.88 bits per heavy atom. The average Bonchev–Trinajstić information content (AvgIpc) is 3.03. The van der Waals surface area contributed by atoms with Crippen LogP contribution in [-0.4, -0.2) is 53.5 Å². The van der Waals surface area contributed by atoms with E-state index in [-0.39, 0.29) is 12.3 Å². The second-order valence-corrected chi connectivity index (χ2v) is 6.66. The molecule has 1 saturated heterocycles. The van der Waals surface area contributed by atoms with Gasteiger partial charge in [-0.3, -0.25) is 10.1 Å². The summed E-state index contributed by atoms with van der Waals surface area (Å²) in [4.78, 5) is 25.2. The number of hydrogen-bond acceptors (Lipinski definition) is 7. The van der Waals surface area contributed by atoms with Crippen molar-refractivity contribution in [3.05, 3.63) is 51.2 Å². The minimum Gasteiger partial charge on any atom is -0.466 e. The molecule has 0 bridgehead atoms. The smallest absolute Gasteiger partial charge is 0.336 e. The predicted molar refractivity (Wildman–Crippen MR) is 92.2 cm³/mol. The molecule has 1 fully saturated rings. The number of aliphatic hydroxyl groups excluding tert-OH is 1. The van der Waals surface area contributed by atoms with Gasteiger partial charge in [0.2, 0.25) is 0 Å². The average molecular weight is 362 g/mol. The van der Waals surface area contributed by atoms with Gasteiger partial charge in [0.05, 0.1) is 30.8 Å². The number of nitrogens with zero attached hydrogens (tertiary/aromatic N) is 2. The first-order chi connectivity index (χ1) is 12.3. The monoisotopic (exact) mass is 362 g/mol. The van der Waals surface area contributed by atoms with Crippen LogP contribution in [0.4, 0.5) is 5.69 Å². The second kappa shape index (κ2) is 6.69. The Bertz CT molecular complexity index is 777. The molecule has 1 aromatic rings. The Morgan fingerprint density at radius 1 is 1.54 bits per heavy atom. The molecule has 0 amide bonds. The molecule has 2 aliphatic heterocycles. The van der Waals surface area contributed by atoms with Crippen LogP contribution < -0.4 is 0 Å². The summed E-state index contributed by atoms with van der Waals surface area (Å²) in [5, 5.41) is 21.3. The number of carbonyl (C=O) groups is 1. The van der Waals surface area contributed by atoms with Gasteiger partial charge in [0.15, 0.2) is 0 Å². The first-order valence-corrected chi connectivity index (χ1v) is 8.41. The van der Waals surface area contributed by atoms with Gasteiger partial charge >= 0.3 is 5.97 Å². The summed E-state index contributed by atoms with van der Waals surface area (Å²) in [7, 11) is 1.30. The van der Waals surface area contributed by atoms with Gasteiger partial charge in [0.25, 0.3) is 5.69 Å². The Morgan fingerprint density at radius 2 is 2.27 bits per heavy atom. The van der Waals surface area contributed by atoms with Gasteiger partial charge in [-0.2, -0.15) is 0 Å². The van der Waals surface area contributed by atoms with E-state index in [1.54, 1.807) is 12.1 Å². The van der Waals surface area contributed by atoms with Crippen LogP contribution in [-0.2, 0) is 14.3 Å². The Balaban J connectivity index is 2.23. The number of benzene rings is 1. The number of allylic oxidation sites excluding steroid dienone is 1. The summed E-state index contributed by atoms with van der Waals surface area (Å²) < 4.78 is 10.9. The summed E-state index contributed by atoms with van der Waals surface area (Å²) in [5.74, 6) is -1.57. The van der Waals surface area contributed by atoms with Crippen molar-refractivity contribution in [2.45, 2.75) is 25.5 Å². The van der Waals surface area contributed by atoms with E-state index in [1.165, 1.54) is 19.2 Å². The highest BCUT2D eigenvalue weighted by molar-refractivity contribution is 5.91. The third-order valence-electron chi connectivity index (χ3n) is 5.48. The number of methoxy groups -OCH3 is 1. The van der Waals surface area contributed by atoms with Gasteiger partial charge < -0.3 is 19.5 Å². The topological polar surface area (TPSA) is 102 Å². The number of nitro benzene ring substituents is 1. The van der Waals surface area contributed by atoms with Crippen LogP contribution in [0.25, 0.3) is 0 Å². The number of nitro groups is 1. The number of carbonyl (C=O) groups excluding carboxylic acids is 1. The van der Waals surface area contributed by atoms with Crippen LogP contribution in [0.15, 0.2) is 35.5 Å². The lowest BCUT2D eigenvalue weighted by Crippen LogP contribution is -2.55. The standard InChI is InChI=1S/C18H22N2O6/c1-11-15(17(22)25-3)16(12-5-4-6-13(9-12)20(23)24)14(10-21)18(2)19(11)7-8-26-18/h4-6,9,14,16,21H,7-8,10H2,1-3H3/t14-,16-,18-/m0/s1. The fourth-order valence-electron chi connectivity index (χ4n) is 4.22. The normalized spacial score (nSPS) is 28.1. The van der Waals surface area contributed by atoms with Crippen molar-refractivity contribution in [3.63, 3.8) is 0 Å². The van der Waals surface area contributed by atoms with Crippen molar-refractivity contribution in [1.29, 1.82) is 0 Å². The molecule has 8 nitrogen and oxygen atoms in total. The third-order valence-corrected chi connectivity index (χ3v) is 5.48. The van der Waals surface area contributed by atoms with Crippen molar-refractivity contribution < 1.29 is 24.3 Å². The maximum Gasteiger partial charge on any atom is 0.336 e. The predicted octanol–water partition coefficient (Wildman–Crippen LogP) is 1.80. The first kappa shape index (κ1) is 18.3. The molecule has 3 rings (SSSR count). The summed E-state index contributed by atoms with van der Waals surface area (Å²) in [5.41, 5.74) is 0.814. The summed E-state index contributed by atoms with van der Waals surface area (Å²) in [6, 6.07) is 6.15. The SMILES string of the molecule is COC(=O)C1=C(C)N2CCO[C@@]2(C)[C@@H](CO)[C@@H]1c1cccc([N+](=O)[O-])c1. The van der Waals surface area contributed by atoms with Crippen LogP contribution >= 0.6 is 0 Å². The van der Waals surface area contributed by atoms with Crippen molar-refractivity contribution in [1.82, 2.24) is 4.90 Å². The number of rotatable bonds is 4. The Labute approximate surface area is 151 Å². The number of esters is 1. The van der Waals surface area contributed by atoms with Crippen LogP contribution in [0, 0.1) is 16.0 Å². The zero-order chi connectivity index (χ0) is 19.1. The second-order valence-electron chi connectivity index (χ2n) is 6.66. The maximum atomic E-state index is 12.6. The number of hydrogen-bond donors (Lipinski definition) is 1. The van der Waals surface area contributed by atoms with E-state index >= 15 is 0 Å². The lowest BCUT2D eigenvalue weighted by Gasteiger charge is -2.49. The summed E-state index contributed by atoms with van der Waals surface area (Å²) >= 11 is 0. The lowest BCUT2D eigenvalue weighted by molar-refractivity contribution is -0.384. The van der Waals surface area contributed by atoms with Crippen molar-refractivity contribution in [2.24, 2.45) is 5.92 Å². The number of non-ortho nitro benzene ring substituents is 1. The van der Waals surface area contributed by atoms with E-state index in [2.05, 4.69) is 0 Å². The number of ether oxygens (including phenoxy) is 2. The zero-order valence-electron chi connectivity index (χ0n) is 15.0. The molecular formula is C18H22N2O6. The molecule has 2 aliphatic rings. The van der Waals surface area contributed by atoms with Gasteiger partial charge in [-0.15, -0.1) is 0 Å². The van der Waals surface area contributed by atoms with E-state index < -0.39 is 28.5 Å². The molecule has 1 aromatic carbocycles. The number of aliphatic hydroxyl groups is 1. The molecular weight excluding hydrogens is 340 g/mol. The highest BCUT2D eigenvalue weighted by atomic mass is 16.6. The lowest BCUT2D eigenvalue weighted by atomic mass is 9.71. The molecule has 140 valence electrons. The van der Waals surface area contributed by atoms with Gasteiger partial charge in [-0.05, 0) is 19.4 Å². The van der Waals surface area contributed by atoms with Crippen molar-refractivity contribution in [2.75, 3.05) is 26.9 Å². The molecule has 0 radical (unpaired) electrons. The molecule has 2 heterocycles. The molecule has 26 heavy (non-hydrogen) atoms. The number of fused-ring (bicyclic) bond motifs is 1. The quantitative estimate of drug-likeness (QED) is 0.495. The molecule has 0 aliphatic carbocycles. The van der Waals surface area contributed by atoms with Gasteiger partial charge in [0, 0.05) is 36.2 Å². The summed E-state index contributed by atoms with van der Waals surface area (Å²) in [6.45, 7) is 4.52. The molecule has 0 spiro atoms. The van der Waals surface area contributed by atoms with Gasteiger partial charge in [-0.25, -0.2) is 4.79 Å². The van der Waals surface area contributed by atoms with Crippen LogP contribution in [0.1, 0.15) is 25.3 Å². The largest absolute Gasteiger partial charge is 0.466 e. The fraction of sp³-hybridized carbons (Fsp3) is 0.500. The van der Waals surface area contributed by atoms with E-state index in [0.29, 0.717) is 30.0 Å². The van der Waals surface area contributed by atoms with Gasteiger partial charge in [-0.1, -0.05) is 12.1 Å². The van der Waals surface area contributed by atoms with E-state index in [1.807, 2.05) is 18.7 Å². The molecule has 1 N–H and O–H groups in total. The first-order valence-electron chi connectivity index (χ1n) is 8.41. The van der Waals surface area contributed by atoms with E-state index in [4.69, 9.17) is 9.47 Å². The highest BCUT2D eigenvalue weighted by Gasteiger charge is 2.54. The van der Waals surface area contributed by atoms with Crippen LogP contribution in [0.5, 0.6) is 0 Å². The Kier molecular flexibility index (Phi) is 4.72. The molecule has 0 unspecified atom stereocenters. The molecule has 0 aromatic heterocycles. The van der Waals surface area contributed by atoms with Crippen molar-refractivity contribution >= 4 is 11.7 Å². The molecule has 0 saturated carbocycles. The Hall–Kier alpha value is -2.45. The maximum absolute atomic E-state index is 12.6. The van der Waals surface area contributed by atoms with E-state index in [0.717, 1.165) is 0 Å². The fourth-order valence-corrected chi connectivity index (χ4v) is 4.22. The molecule has 8 heteroatoms. The van der Waals surface area contributed by atoms with Crippen molar-refractivity contribution in [3.8, 4) is 0 Å². The van der Waals surface area contributed by atoms with Crippen LogP contribution in [0.3, 0.4) is 0 Å². The molecule has 3 atom stereocenters. The van der Waals surface area contributed by atoms with E-state index in [9.17, 15) is 20.0 Å². The zero-order valence-corrected chi connectivity index (χ0v) is 15.0.